The van der Waals surface area contributed by atoms with Crippen molar-refractivity contribution in [1.29, 1.82) is 0 Å². The first-order valence-electron chi connectivity index (χ1n) is 6.82. The molecule has 0 spiro atoms. The molecule has 9 atom stereocenters. The largest absolute Gasteiger partial charge is 0.394 e. The van der Waals surface area contributed by atoms with E-state index in [0.717, 1.165) is 0 Å². The van der Waals surface area contributed by atoms with Gasteiger partial charge >= 0.3 is 0 Å². The SMILES string of the molecule is CC1O[C@@H](O)CC(O[C@H]2OC(CO)[C@@H](O)C(O)C2O)[C@H]1O. The van der Waals surface area contributed by atoms with Gasteiger partial charge in [0.15, 0.2) is 12.6 Å². The Bertz CT molecular complexity index is 339. The molecule has 5 unspecified atom stereocenters. The summed E-state index contributed by atoms with van der Waals surface area (Å²) in [5.41, 5.74) is 0. The van der Waals surface area contributed by atoms with Crippen LogP contribution in [0.25, 0.3) is 0 Å². The topological polar surface area (TPSA) is 149 Å². The molecule has 2 fully saturated rings. The van der Waals surface area contributed by atoms with E-state index in [-0.39, 0.29) is 6.42 Å². The Morgan fingerprint density at radius 1 is 0.952 bits per heavy atom. The van der Waals surface area contributed by atoms with Gasteiger partial charge in [0.25, 0.3) is 0 Å². The number of rotatable bonds is 3. The van der Waals surface area contributed by atoms with Crippen molar-refractivity contribution in [3.63, 3.8) is 0 Å². The molecule has 21 heavy (non-hydrogen) atoms. The van der Waals surface area contributed by atoms with Crippen molar-refractivity contribution in [1.82, 2.24) is 0 Å². The first-order valence-corrected chi connectivity index (χ1v) is 6.82. The molecule has 124 valence electrons. The van der Waals surface area contributed by atoms with Gasteiger partial charge in [0.2, 0.25) is 0 Å². The first-order chi connectivity index (χ1) is 9.85. The van der Waals surface area contributed by atoms with Gasteiger partial charge in [-0.2, -0.15) is 0 Å². The minimum atomic E-state index is -1.56. The molecule has 0 amide bonds. The Hall–Kier alpha value is -0.360. The van der Waals surface area contributed by atoms with Crippen LogP contribution in [-0.2, 0) is 14.2 Å². The van der Waals surface area contributed by atoms with Gasteiger partial charge in [-0.05, 0) is 6.92 Å². The standard InChI is InChI=1S/C12H22O9/c1-4-8(15)5(2-7(14)19-4)20-12-11(18)10(17)9(16)6(3-13)21-12/h4-18H,2-3H2,1H3/t4?,5?,6?,7-,8+,9-,10?,11?,12+/m1/s1. The number of hydrogen-bond donors (Lipinski definition) is 6. The molecule has 2 saturated heterocycles. The van der Waals surface area contributed by atoms with Crippen LogP contribution in [0.1, 0.15) is 13.3 Å². The van der Waals surface area contributed by atoms with Crippen molar-refractivity contribution in [2.75, 3.05) is 6.61 Å². The van der Waals surface area contributed by atoms with Crippen LogP contribution >= 0.6 is 0 Å². The number of ether oxygens (including phenoxy) is 3. The quantitative estimate of drug-likeness (QED) is 0.314. The monoisotopic (exact) mass is 310 g/mol. The summed E-state index contributed by atoms with van der Waals surface area (Å²) >= 11 is 0. The van der Waals surface area contributed by atoms with Gasteiger partial charge in [0.05, 0.1) is 18.8 Å². The van der Waals surface area contributed by atoms with Gasteiger partial charge in [-0.1, -0.05) is 0 Å². The van der Waals surface area contributed by atoms with Crippen LogP contribution in [0, 0.1) is 0 Å². The Kier molecular flexibility index (Phi) is 5.52. The van der Waals surface area contributed by atoms with Crippen molar-refractivity contribution in [2.24, 2.45) is 0 Å². The second-order valence-electron chi connectivity index (χ2n) is 5.39. The van der Waals surface area contributed by atoms with Gasteiger partial charge in [-0.25, -0.2) is 0 Å². The smallest absolute Gasteiger partial charge is 0.187 e. The third-order valence-electron chi connectivity index (χ3n) is 3.82. The number of hydrogen-bond acceptors (Lipinski definition) is 9. The molecule has 6 N–H and O–H groups in total. The molecule has 0 bridgehead atoms. The molecule has 2 aliphatic heterocycles. The highest BCUT2D eigenvalue weighted by molar-refractivity contribution is 4.90. The van der Waals surface area contributed by atoms with Crippen LogP contribution in [0.3, 0.4) is 0 Å². The fourth-order valence-electron chi connectivity index (χ4n) is 2.51. The molecule has 0 aromatic rings. The molecule has 0 aromatic heterocycles. The minimum Gasteiger partial charge on any atom is -0.394 e. The summed E-state index contributed by atoms with van der Waals surface area (Å²) in [5.74, 6) is 0. The third-order valence-corrected chi connectivity index (χ3v) is 3.82. The maximum absolute atomic E-state index is 9.95. The second-order valence-corrected chi connectivity index (χ2v) is 5.39. The van der Waals surface area contributed by atoms with E-state index >= 15 is 0 Å². The van der Waals surface area contributed by atoms with Crippen molar-refractivity contribution in [2.45, 2.75) is 68.7 Å². The highest BCUT2D eigenvalue weighted by atomic mass is 16.7. The lowest BCUT2D eigenvalue weighted by atomic mass is 9.98. The molecule has 9 heteroatoms. The molecule has 2 heterocycles. The van der Waals surface area contributed by atoms with E-state index in [9.17, 15) is 25.5 Å². The lowest BCUT2D eigenvalue weighted by Gasteiger charge is -2.43. The molecule has 0 aliphatic carbocycles. The summed E-state index contributed by atoms with van der Waals surface area (Å²) < 4.78 is 15.6. The summed E-state index contributed by atoms with van der Waals surface area (Å²) in [5, 5.41) is 57.7. The lowest BCUT2D eigenvalue weighted by Crippen LogP contribution is -2.61. The zero-order valence-corrected chi connectivity index (χ0v) is 11.5. The third kappa shape index (κ3) is 3.52. The molecule has 9 nitrogen and oxygen atoms in total. The zero-order chi connectivity index (χ0) is 15.7. The van der Waals surface area contributed by atoms with Crippen LogP contribution in [0.2, 0.25) is 0 Å². The summed E-state index contributed by atoms with van der Waals surface area (Å²) in [6.07, 6.45) is -10.8. The van der Waals surface area contributed by atoms with Crippen LogP contribution in [0.5, 0.6) is 0 Å². The van der Waals surface area contributed by atoms with E-state index in [1.54, 1.807) is 6.92 Å². The predicted molar refractivity (Wildman–Crippen MR) is 65.8 cm³/mol. The van der Waals surface area contributed by atoms with Crippen LogP contribution in [0.15, 0.2) is 0 Å². The van der Waals surface area contributed by atoms with Crippen LogP contribution in [-0.4, -0.2) is 92.6 Å². The number of aliphatic hydroxyl groups is 6. The van der Waals surface area contributed by atoms with E-state index in [2.05, 4.69) is 0 Å². The fraction of sp³-hybridized carbons (Fsp3) is 1.00. The Labute approximate surface area is 121 Å². The van der Waals surface area contributed by atoms with Crippen molar-refractivity contribution in [3.8, 4) is 0 Å². The Morgan fingerprint density at radius 3 is 2.24 bits per heavy atom. The summed E-state index contributed by atoms with van der Waals surface area (Å²) in [7, 11) is 0. The second kappa shape index (κ2) is 6.82. The van der Waals surface area contributed by atoms with Crippen LogP contribution in [0.4, 0.5) is 0 Å². The summed E-state index contributed by atoms with van der Waals surface area (Å²) in [6.45, 7) is 0.983. The van der Waals surface area contributed by atoms with Crippen molar-refractivity contribution >= 4 is 0 Å². The van der Waals surface area contributed by atoms with Gasteiger partial charge in [0, 0.05) is 6.42 Å². The molecule has 0 aromatic carbocycles. The van der Waals surface area contributed by atoms with Gasteiger partial charge in [-0.15, -0.1) is 0 Å². The normalized spacial score (nSPS) is 51.9. The summed E-state index contributed by atoms with van der Waals surface area (Å²) in [6, 6.07) is 0. The average molecular weight is 310 g/mol. The highest BCUT2D eigenvalue weighted by Crippen LogP contribution is 2.27. The summed E-state index contributed by atoms with van der Waals surface area (Å²) in [4.78, 5) is 0. The minimum absolute atomic E-state index is 0.0411. The maximum atomic E-state index is 9.95. The van der Waals surface area contributed by atoms with Gasteiger partial charge < -0.3 is 44.8 Å². The fourth-order valence-corrected chi connectivity index (χ4v) is 2.51. The van der Waals surface area contributed by atoms with E-state index in [1.807, 2.05) is 0 Å². The van der Waals surface area contributed by atoms with Crippen molar-refractivity contribution in [3.05, 3.63) is 0 Å². The van der Waals surface area contributed by atoms with E-state index in [1.165, 1.54) is 0 Å². The zero-order valence-electron chi connectivity index (χ0n) is 11.5. The Balaban J connectivity index is 2.03. The molecule has 0 radical (unpaired) electrons. The molecule has 0 saturated carbocycles. The highest BCUT2D eigenvalue weighted by Gasteiger charge is 2.46. The molecular formula is C12H22O9. The first kappa shape index (κ1) is 17.0. The maximum Gasteiger partial charge on any atom is 0.187 e. The van der Waals surface area contributed by atoms with Crippen LogP contribution < -0.4 is 0 Å². The van der Waals surface area contributed by atoms with E-state index < -0.39 is 61.9 Å². The predicted octanol–water partition coefficient (Wildman–Crippen LogP) is -3.34. The van der Waals surface area contributed by atoms with Gasteiger partial charge in [-0.3, -0.25) is 0 Å². The molecule has 2 rings (SSSR count). The lowest BCUT2D eigenvalue weighted by molar-refractivity contribution is -0.334. The number of aliphatic hydroxyl groups excluding tert-OH is 6. The van der Waals surface area contributed by atoms with Gasteiger partial charge in [0.1, 0.15) is 30.5 Å². The average Bonchev–Trinajstić information content (AvgIpc) is 2.44. The molecular weight excluding hydrogens is 288 g/mol. The Morgan fingerprint density at radius 2 is 1.62 bits per heavy atom. The molecule has 2 aliphatic rings. The van der Waals surface area contributed by atoms with Crippen molar-refractivity contribution < 1.29 is 44.8 Å². The van der Waals surface area contributed by atoms with E-state index in [4.69, 9.17) is 19.3 Å². The van der Waals surface area contributed by atoms with E-state index in [0.29, 0.717) is 0 Å².